The van der Waals surface area contributed by atoms with Crippen LogP contribution in [0.5, 0.6) is 0 Å². The second kappa shape index (κ2) is 5.50. The summed E-state index contributed by atoms with van der Waals surface area (Å²) < 4.78 is 27.3. The Morgan fingerprint density at radius 1 is 1.30 bits per heavy atom. The van der Waals surface area contributed by atoms with Gasteiger partial charge in [0.2, 0.25) is 10.0 Å². The minimum Gasteiger partial charge on any atom is -0.366 e. The van der Waals surface area contributed by atoms with Crippen molar-refractivity contribution in [3.05, 3.63) is 18.5 Å². The predicted octanol–water partition coefficient (Wildman–Crippen LogP) is 1.70. The summed E-state index contributed by atoms with van der Waals surface area (Å²) in [5, 5.41) is 3.58. The molecule has 1 aromatic heterocycles. The average molecular weight is 297 g/mol. The normalized spacial score (nSPS) is 30.0. The van der Waals surface area contributed by atoms with Gasteiger partial charge in [0.05, 0.1) is 4.90 Å². The lowest BCUT2D eigenvalue weighted by Crippen LogP contribution is -2.50. The minimum atomic E-state index is -3.36. The van der Waals surface area contributed by atoms with Gasteiger partial charge >= 0.3 is 0 Å². The predicted molar refractivity (Wildman–Crippen MR) is 77.9 cm³/mol. The lowest BCUT2D eigenvalue weighted by atomic mass is 10.00. The number of H-pyrrole nitrogens is 1. The van der Waals surface area contributed by atoms with Gasteiger partial charge in [-0.15, -0.1) is 0 Å². The minimum absolute atomic E-state index is 0.147. The van der Waals surface area contributed by atoms with Crippen molar-refractivity contribution in [2.24, 2.45) is 0 Å². The number of hydrogen-bond donors (Lipinski definition) is 2. The number of fused-ring (bicyclic) bond motifs is 2. The molecule has 0 amide bonds. The Morgan fingerprint density at radius 2 is 2.00 bits per heavy atom. The molecule has 2 unspecified atom stereocenters. The van der Waals surface area contributed by atoms with Gasteiger partial charge in [-0.2, -0.15) is 4.31 Å². The summed E-state index contributed by atoms with van der Waals surface area (Å²) in [4.78, 5) is 3.23. The second-order valence-corrected chi connectivity index (χ2v) is 7.82. The van der Waals surface area contributed by atoms with Gasteiger partial charge in [-0.05, 0) is 38.2 Å². The maximum atomic E-state index is 12.8. The fourth-order valence-electron chi connectivity index (χ4n) is 3.59. The summed E-state index contributed by atoms with van der Waals surface area (Å²) in [5.41, 5.74) is 0. The Balaban J connectivity index is 1.85. The van der Waals surface area contributed by atoms with Gasteiger partial charge in [0, 0.05) is 37.1 Å². The number of nitrogens with zero attached hydrogens (tertiary/aromatic N) is 1. The Labute approximate surface area is 120 Å². The molecule has 2 N–H and O–H groups in total. The van der Waals surface area contributed by atoms with Gasteiger partial charge in [-0.3, -0.25) is 0 Å². The highest BCUT2D eigenvalue weighted by atomic mass is 32.2. The molecule has 2 bridgehead atoms. The van der Waals surface area contributed by atoms with Crippen LogP contribution in [0.15, 0.2) is 23.4 Å². The number of sulfonamides is 1. The van der Waals surface area contributed by atoms with Gasteiger partial charge in [0.25, 0.3) is 0 Å². The van der Waals surface area contributed by atoms with Crippen molar-refractivity contribution in [2.75, 3.05) is 6.54 Å². The van der Waals surface area contributed by atoms with E-state index < -0.39 is 10.0 Å². The molecule has 6 heteroatoms. The van der Waals surface area contributed by atoms with Crippen LogP contribution >= 0.6 is 0 Å². The maximum Gasteiger partial charge on any atom is 0.244 e. The smallest absolute Gasteiger partial charge is 0.244 e. The highest BCUT2D eigenvalue weighted by Crippen LogP contribution is 2.32. The van der Waals surface area contributed by atoms with E-state index in [2.05, 4.69) is 10.3 Å². The Bertz CT molecular complexity index is 529. The molecular weight excluding hydrogens is 274 g/mol. The molecule has 0 saturated carbocycles. The zero-order chi connectivity index (χ0) is 14.2. The van der Waals surface area contributed by atoms with Gasteiger partial charge < -0.3 is 10.3 Å². The first-order valence-corrected chi connectivity index (χ1v) is 8.96. The molecule has 0 aliphatic carbocycles. The molecule has 2 aliphatic heterocycles. The van der Waals surface area contributed by atoms with Crippen molar-refractivity contribution in [1.29, 1.82) is 0 Å². The Kier molecular flexibility index (Phi) is 3.88. The van der Waals surface area contributed by atoms with Crippen LogP contribution in [0.2, 0.25) is 0 Å². The molecule has 2 saturated heterocycles. The number of nitrogens with one attached hydrogen (secondary N) is 2. The first-order chi connectivity index (χ1) is 9.61. The Morgan fingerprint density at radius 3 is 2.55 bits per heavy atom. The van der Waals surface area contributed by atoms with E-state index in [1.54, 1.807) is 22.8 Å². The molecular formula is C14H23N3O2S. The second-order valence-electron chi connectivity index (χ2n) is 5.93. The van der Waals surface area contributed by atoms with Crippen molar-refractivity contribution in [3.63, 3.8) is 0 Å². The molecule has 2 fully saturated rings. The molecule has 2 atom stereocenters. The van der Waals surface area contributed by atoms with E-state index >= 15 is 0 Å². The van der Waals surface area contributed by atoms with E-state index in [9.17, 15) is 8.42 Å². The number of aromatic nitrogens is 1. The van der Waals surface area contributed by atoms with Crippen molar-refractivity contribution in [3.8, 4) is 0 Å². The molecule has 1 aromatic rings. The highest BCUT2D eigenvalue weighted by molar-refractivity contribution is 7.89. The van der Waals surface area contributed by atoms with Crippen molar-refractivity contribution in [1.82, 2.24) is 14.6 Å². The topological polar surface area (TPSA) is 65.2 Å². The summed E-state index contributed by atoms with van der Waals surface area (Å²) in [6.07, 6.45) is 8.36. The summed E-state index contributed by atoms with van der Waals surface area (Å²) in [6.45, 7) is 2.65. The van der Waals surface area contributed by atoms with E-state index in [1.165, 1.54) is 12.8 Å². The van der Waals surface area contributed by atoms with Gasteiger partial charge in [0.1, 0.15) is 0 Å². The SMILES string of the molecule is CCCN(C1CC2CCC(C1)N2)S(=O)(=O)c1cc[nH]c1. The summed E-state index contributed by atoms with van der Waals surface area (Å²) >= 11 is 0. The third-order valence-corrected chi connectivity index (χ3v) is 6.42. The standard InChI is InChI=1S/C14H23N3O2S/c1-2-7-17(20(18,19)14-5-6-15-10-14)13-8-11-3-4-12(9-13)16-11/h5-6,10-13,15-16H,2-4,7-9H2,1H3. The van der Waals surface area contributed by atoms with E-state index in [4.69, 9.17) is 0 Å². The van der Waals surface area contributed by atoms with Crippen LogP contribution in [-0.4, -0.2) is 42.4 Å². The van der Waals surface area contributed by atoms with Crippen LogP contribution in [0.4, 0.5) is 0 Å². The fourth-order valence-corrected chi connectivity index (χ4v) is 5.30. The quantitative estimate of drug-likeness (QED) is 0.869. The van der Waals surface area contributed by atoms with Gasteiger partial charge in [0.15, 0.2) is 0 Å². The molecule has 0 spiro atoms. The van der Waals surface area contributed by atoms with Crippen molar-refractivity contribution < 1.29 is 8.42 Å². The van der Waals surface area contributed by atoms with Crippen LogP contribution in [0.3, 0.4) is 0 Å². The Hall–Kier alpha value is -0.850. The fraction of sp³-hybridized carbons (Fsp3) is 0.714. The van der Waals surface area contributed by atoms with Crippen LogP contribution < -0.4 is 5.32 Å². The molecule has 5 nitrogen and oxygen atoms in total. The number of hydrogen-bond acceptors (Lipinski definition) is 3. The van der Waals surface area contributed by atoms with E-state index in [-0.39, 0.29) is 6.04 Å². The largest absolute Gasteiger partial charge is 0.366 e. The number of piperidine rings is 1. The third-order valence-electron chi connectivity index (χ3n) is 4.48. The molecule has 2 aliphatic rings. The molecule has 20 heavy (non-hydrogen) atoms. The van der Waals surface area contributed by atoms with Crippen LogP contribution in [0, 0.1) is 0 Å². The van der Waals surface area contributed by atoms with E-state index in [0.717, 1.165) is 19.3 Å². The van der Waals surface area contributed by atoms with Crippen molar-refractivity contribution in [2.45, 2.75) is 62.0 Å². The van der Waals surface area contributed by atoms with Crippen molar-refractivity contribution >= 4 is 10.0 Å². The molecule has 112 valence electrons. The van der Waals surface area contributed by atoms with Crippen LogP contribution in [-0.2, 0) is 10.0 Å². The maximum absolute atomic E-state index is 12.8. The molecule has 3 rings (SSSR count). The van der Waals surface area contributed by atoms with Crippen LogP contribution in [0.1, 0.15) is 39.0 Å². The zero-order valence-corrected chi connectivity index (χ0v) is 12.7. The van der Waals surface area contributed by atoms with Gasteiger partial charge in [-0.25, -0.2) is 8.42 Å². The summed E-state index contributed by atoms with van der Waals surface area (Å²) in [7, 11) is -3.36. The van der Waals surface area contributed by atoms with Gasteiger partial charge in [-0.1, -0.05) is 6.92 Å². The lowest BCUT2D eigenvalue weighted by Gasteiger charge is -2.36. The van der Waals surface area contributed by atoms with Crippen LogP contribution in [0.25, 0.3) is 0 Å². The molecule has 0 radical (unpaired) electrons. The summed E-state index contributed by atoms with van der Waals surface area (Å²) in [6, 6.07) is 2.79. The monoisotopic (exact) mass is 297 g/mol. The average Bonchev–Trinajstić information content (AvgIpc) is 3.06. The first-order valence-electron chi connectivity index (χ1n) is 7.52. The van der Waals surface area contributed by atoms with E-state index in [0.29, 0.717) is 23.5 Å². The lowest BCUT2D eigenvalue weighted by molar-refractivity contribution is 0.226. The number of aromatic amines is 1. The number of rotatable bonds is 5. The molecule has 0 aromatic carbocycles. The first kappa shape index (κ1) is 14.1. The molecule has 3 heterocycles. The highest BCUT2D eigenvalue weighted by Gasteiger charge is 2.40. The van der Waals surface area contributed by atoms with E-state index in [1.807, 2.05) is 6.92 Å². The summed E-state index contributed by atoms with van der Waals surface area (Å²) in [5.74, 6) is 0. The zero-order valence-electron chi connectivity index (χ0n) is 11.9. The third kappa shape index (κ3) is 2.52.